The average molecular weight is 429 g/mol. The largest absolute Gasteiger partial charge is 0.421 e. The van der Waals surface area contributed by atoms with Crippen LogP contribution in [0, 0.1) is 11.8 Å². The maximum Gasteiger partial charge on any atom is 0.341 e. The summed E-state index contributed by atoms with van der Waals surface area (Å²) in [6.07, 6.45) is -1.39. The number of ether oxygens (including phenoxy) is 2. The van der Waals surface area contributed by atoms with Gasteiger partial charge in [0.2, 0.25) is 0 Å². The zero-order chi connectivity index (χ0) is 22.8. The third-order valence-electron chi connectivity index (χ3n) is 5.58. The number of esters is 2. The molecule has 0 saturated carbocycles. The standard InChI is InChI=1S/C25H32O6/c1-4-18(5-2)22(27)16-21(26)17(3)25(30-23(28)19-12-8-6-9-13-19)31-24(29)20-14-10-7-11-15-20/h6-15,17-18,21-22,25-27H,4-5,16H2,1-3H3. The van der Waals surface area contributed by atoms with Gasteiger partial charge in [-0.15, -0.1) is 0 Å². The summed E-state index contributed by atoms with van der Waals surface area (Å²) in [5, 5.41) is 21.2. The Hall–Kier alpha value is -2.70. The second-order valence-electron chi connectivity index (χ2n) is 7.72. The molecule has 2 aromatic carbocycles. The second kappa shape index (κ2) is 12.2. The van der Waals surface area contributed by atoms with E-state index in [1.807, 2.05) is 13.8 Å². The number of hydrogen-bond acceptors (Lipinski definition) is 6. The lowest BCUT2D eigenvalue weighted by Crippen LogP contribution is -2.39. The summed E-state index contributed by atoms with van der Waals surface area (Å²) < 4.78 is 11.0. The maximum absolute atomic E-state index is 12.6. The van der Waals surface area contributed by atoms with Gasteiger partial charge in [-0.05, 0) is 30.2 Å². The minimum atomic E-state index is -1.32. The van der Waals surface area contributed by atoms with Gasteiger partial charge in [0, 0.05) is 6.42 Å². The Morgan fingerprint density at radius 1 is 0.774 bits per heavy atom. The van der Waals surface area contributed by atoms with Gasteiger partial charge in [-0.1, -0.05) is 70.0 Å². The highest BCUT2D eigenvalue weighted by Gasteiger charge is 2.33. The summed E-state index contributed by atoms with van der Waals surface area (Å²) in [6.45, 7) is 5.60. The first-order valence-electron chi connectivity index (χ1n) is 10.8. The van der Waals surface area contributed by atoms with Crippen LogP contribution in [0.25, 0.3) is 0 Å². The van der Waals surface area contributed by atoms with E-state index in [0.29, 0.717) is 11.1 Å². The molecular weight excluding hydrogens is 396 g/mol. The highest BCUT2D eigenvalue weighted by molar-refractivity contribution is 5.91. The van der Waals surface area contributed by atoms with E-state index in [-0.39, 0.29) is 12.3 Å². The van der Waals surface area contributed by atoms with Crippen molar-refractivity contribution in [1.29, 1.82) is 0 Å². The van der Waals surface area contributed by atoms with E-state index in [9.17, 15) is 19.8 Å². The fourth-order valence-corrected chi connectivity index (χ4v) is 3.40. The molecule has 0 heterocycles. The van der Waals surface area contributed by atoms with Crippen LogP contribution in [0.15, 0.2) is 60.7 Å². The van der Waals surface area contributed by atoms with Crippen molar-refractivity contribution >= 4 is 11.9 Å². The van der Waals surface area contributed by atoms with E-state index >= 15 is 0 Å². The van der Waals surface area contributed by atoms with Crippen LogP contribution < -0.4 is 0 Å². The smallest absolute Gasteiger partial charge is 0.341 e. The molecule has 6 nitrogen and oxygen atoms in total. The van der Waals surface area contributed by atoms with Gasteiger partial charge >= 0.3 is 11.9 Å². The summed E-state index contributed by atoms with van der Waals surface area (Å²) in [6, 6.07) is 16.7. The van der Waals surface area contributed by atoms with Crippen LogP contribution in [0.1, 0.15) is 60.7 Å². The lowest BCUT2D eigenvalue weighted by Gasteiger charge is -2.30. The van der Waals surface area contributed by atoms with Gasteiger partial charge in [0.1, 0.15) is 0 Å². The Balaban J connectivity index is 2.16. The number of rotatable bonds is 11. The molecule has 3 atom stereocenters. The van der Waals surface area contributed by atoms with E-state index in [4.69, 9.17) is 9.47 Å². The molecule has 6 heteroatoms. The van der Waals surface area contributed by atoms with Gasteiger partial charge in [-0.3, -0.25) is 0 Å². The number of benzene rings is 2. The minimum Gasteiger partial charge on any atom is -0.421 e. The molecule has 0 radical (unpaired) electrons. The van der Waals surface area contributed by atoms with E-state index in [2.05, 4.69) is 0 Å². The molecule has 0 saturated heterocycles. The summed E-state index contributed by atoms with van der Waals surface area (Å²) in [4.78, 5) is 25.2. The molecule has 0 aliphatic heterocycles. The fraction of sp³-hybridized carbons (Fsp3) is 0.440. The van der Waals surface area contributed by atoms with Crippen LogP contribution >= 0.6 is 0 Å². The Morgan fingerprint density at radius 3 is 1.58 bits per heavy atom. The predicted molar refractivity (Wildman–Crippen MR) is 117 cm³/mol. The first-order chi connectivity index (χ1) is 14.9. The van der Waals surface area contributed by atoms with Crippen molar-refractivity contribution < 1.29 is 29.3 Å². The second-order valence-corrected chi connectivity index (χ2v) is 7.72. The molecular formula is C25H32O6. The molecule has 0 aliphatic carbocycles. The van der Waals surface area contributed by atoms with Crippen LogP contribution in [0.5, 0.6) is 0 Å². The zero-order valence-corrected chi connectivity index (χ0v) is 18.3. The molecule has 3 unspecified atom stereocenters. The molecule has 0 bridgehead atoms. The first kappa shape index (κ1) is 24.6. The number of hydrogen-bond donors (Lipinski definition) is 2. The quantitative estimate of drug-likeness (QED) is 0.411. The predicted octanol–water partition coefficient (Wildman–Crippen LogP) is 4.21. The number of carbonyl (C=O) groups is 2. The van der Waals surface area contributed by atoms with Crippen LogP contribution in [0.2, 0.25) is 0 Å². The Labute approximate surface area is 183 Å². The van der Waals surface area contributed by atoms with Crippen molar-refractivity contribution in [2.75, 3.05) is 0 Å². The van der Waals surface area contributed by atoms with Crippen molar-refractivity contribution in [2.24, 2.45) is 11.8 Å². The molecule has 0 fully saturated rings. The van der Waals surface area contributed by atoms with Gasteiger partial charge < -0.3 is 19.7 Å². The van der Waals surface area contributed by atoms with E-state index in [1.165, 1.54) is 0 Å². The lowest BCUT2D eigenvalue weighted by atomic mass is 9.89. The molecule has 31 heavy (non-hydrogen) atoms. The molecule has 0 spiro atoms. The van der Waals surface area contributed by atoms with Gasteiger partial charge in [-0.2, -0.15) is 0 Å². The molecule has 2 N–H and O–H groups in total. The SMILES string of the molecule is CCC(CC)C(O)CC(O)C(C)C(OC(=O)c1ccccc1)OC(=O)c1ccccc1. The Bertz CT molecular complexity index is 750. The van der Waals surface area contributed by atoms with Gasteiger partial charge in [0.15, 0.2) is 0 Å². The van der Waals surface area contributed by atoms with Gasteiger partial charge in [0.05, 0.1) is 29.3 Å². The van der Waals surface area contributed by atoms with E-state index < -0.39 is 36.4 Å². The molecule has 2 rings (SSSR count). The van der Waals surface area contributed by atoms with Crippen molar-refractivity contribution in [3.8, 4) is 0 Å². The number of aliphatic hydroxyl groups excluding tert-OH is 2. The summed E-state index contributed by atoms with van der Waals surface area (Å²) >= 11 is 0. The average Bonchev–Trinajstić information content (AvgIpc) is 2.79. The van der Waals surface area contributed by atoms with Crippen LogP contribution in [0.4, 0.5) is 0 Å². The summed E-state index contributed by atoms with van der Waals surface area (Å²) in [5.41, 5.74) is 0.615. The van der Waals surface area contributed by atoms with Crippen LogP contribution in [-0.2, 0) is 9.47 Å². The zero-order valence-electron chi connectivity index (χ0n) is 18.3. The van der Waals surface area contributed by atoms with Crippen molar-refractivity contribution in [3.05, 3.63) is 71.8 Å². The Morgan fingerprint density at radius 2 is 1.19 bits per heavy atom. The molecule has 0 amide bonds. The van der Waals surface area contributed by atoms with Gasteiger partial charge in [-0.25, -0.2) is 9.59 Å². The molecule has 0 aliphatic rings. The highest BCUT2D eigenvalue weighted by atomic mass is 16.7. The lowest BCUT2D eigenvalue weighted by molar-refractivity contribution is -0.133. The molecule has 2 aromatic rings. The summed E-state index contributed by atoms with van der Waals surface area (Å²) in [5.74, 6) is -2.01. The third kappa shape index (κ3) is 7.19. The van der Waals surface area contributed by atoms with Crippen LogP contribution in [-0.4, -0.2) is 40.6 Å². The molecule has 0 aromatic heterocycles. The topological polar surface area (TPSA) is 93.1 Å². The maximum atomic E-state index is 12.6. The first-order valence-corrected chi connectivity index (χ1v) is 10.8. The van der Waals surface area contributed by atoms with E-state index in [0.717, 1.165) is 12.8 Å². The van der Waals surface area contributed by atoms with Crippen molar-refractivity contribution in [3.63, 3.8) is 0 Å². The third-order valence-corrected chi connectivity index (χ3v) is 5.58. The number of carbonyl (C=O) groups excluding carboxylic acids is 2. The van der Waals surface area contributed by atoms with E-state index in [1.54, 1.807) is 67.6 Å². The summed E-state index contributed by atoms with van der Waals surface area (Å²) in [7, 11) is 0. The monoisotopic (exact) mass is 428 g/mol. The normalized spacial score (nSPS) is 14.2. The number of aliphatic hydroxyl groups is 2. The van der Waals surface area contributed by atoms with Crippen molar-refractivity contribution in [1.82, 2.24) is 0 Å². The Kier molecular flexibility index (Phi) is 9.69. The van der Waals surface area contributed by atoms with Crippen molar-refractivity contribution in [2.45, 2.75) is 58.5 Å². The minimum absolute atomic E-state index is 0.0547. The van der Waals surface area contributed by atoms with Crippen LogP contribution in [0.3, 0.4) is 0 Å². The molecule has 168 valence electrons. The highest BCUT2D eigenvalue weighted by Crippen LogP contribution is 2.24. The van der Waals surface area contributed by atoms with Gasteiger partial charge in [0.25, 0.3) is 6.29 Å². The fourth-order valence-electron chi connectivity index (χ4n) is 3.40.